The molecule has 0 aromatic rings. The molecule has 1 amide bonds. The van der Waals surface area contributed by atoms with Crippen LogP contribution < -0.4 is 5.32 Å². The maximum absolute atomic E-state index is 12.9. The van der Waals surface area contributed by atoms with Crippen LogP contribution in [0, 0.1) is 0 Å². The third kappa shape index (κ3) is 56.3. The number of nitrogens with zero attached hydrogens (tertiary/aromatic N) is 1. The minimum atomic E-state index is -4.35. The maximum atomic E-state index is 12.9. The third-order valence-electron chi connectivity index (χ3n) is 14.1. The van der Waals surface area contributed by atoms with E-state index in [9.17, 15) is 19.4 Å². The summed E-state index contributed by atoms with van der Waals surface area (Å²) in [7, 11) is 1.56. The molecule has 0 aliphatic carbocycles. The van der Waals surface area contributed by atoms with Gasteiger partial charge in [-0.1, -0.05) is 275 Å². The molecule has 3 atom stereocenters. The number of unbranched alkanes of at least 4 members (excludes halogenated alkanes) is 40. The highest BCUT2D eigenvalue weighted by Crippen LogP contribution is 2.43. The molecule has 0 fully saturated rings. The van der Waals surface area contributed by atoms with Gasteiger partial charge in [0, 0.05) is 6.42 Å². The molecular formula is C62H122N2O6P+. The van der Waals surface area contributed by atoms with E-state index in [1.165, 1.54) is 244 Å². The number of rotatable bonds is 57. The van der Waals surface area contributed by atoms with Crippen LogP contribution in [0.2, 0.25) is 0 Å². The lowest BCUT2D eigenvalue weighted by molar-refractivity contribution is -0.870. The molecule has 71 heavy (non-hydrogen) atoms. The van der Waals surface area contributed by atoms with Gasteiger partial charge in [0.2, 0.25) is 5.91 Å². The van der Waals surface area contributed by atoms with E-state index >= 15 is 0 Å². The number of phosphoric ester groups is 1. The van der Waals surface area contributed by atoms with Crippen LogP contribution in [0.15, 0.2) is 36.5 Å². The van der Waals surface area contributed by atoms with Gasteiger partial charge >= 0.3 is 7.82 Å². The van der Waals surface area contributed by atoms with Crippen LogP contribution in [-0.2, 0) is 18.4 Å². The summed E-state index contributed by atoms with van der Waals surface area (Å²) in [5.41, 5.74) is 0. The van der Waals surface area contributed by atoms with Crippen LogP contribution in [0.25, 0.3) is 0 Å². The van der Waals surface area contributed by atoms with Crippen LogP contribution in [0.1, 0.15) is 303 Å². The monoisotopic (exact) mass is 1020 g/mol. The van der Waals surface area contributed by atoms with E-state index in [2.05, 4.69) is 43.5 Å². The van der Waals surface area contributed by atoms with Crippen LogP contribution >= 0.6 is 7.82 Å². The average Bonchev–Trinajstić information content (AvgIpc) is 3.33. The number of hydrogen-bond donors (Lipinski definition) is 3. The topological polar surface area (TPSA) is 105 Å². The van der Waals surface area contributed by atoms with Crippen molar-refractivity contribution in [1.29, 1.82) is 0 Å². The Morgan fingerprint density at radius 1 is 0.465 bits per heavy atom. The molecule has 420 valence electrons. The first kappa shape index (κ1) is 69.7. The number of phosphoric acid groups is 1. The van der Waals surface area contributed by atoms with Crippen molar-refractivity contribution in [3.8, 4) is 0 Å². The Balaban J connectivity index is 3.90. The summed E-state index contributed by atoms with van der Waals surface area (Å²) in [6.07, 6.45) is 70.1. The maximum Gasteiger partial charge on any atom is 0.472 e. The predicted molar refractivity (Wildman–Crippen MR) is 309 cm³/mol. The Morgan fingerprint density at radius 2 is 0.775 bits per heavy atom. The van der Waals surface area contributed by atoms with Crippen molar-refractivity contribution >= 4 is 13.7 Å². The van der Waals surface area contributed by atoms with Gasteiger partial charge in [0.15, 0.2) is 0 Å². The van der Waals surface area contributed by atoms with Crippen molar-refractivity contribution in [1.82, 2.24) is 5.32 Å². The van der Waals surface area contributed by atoms with Gasteiger partial charge in [0.25, 0.3) is 0 Å². The standard InChI is InChI=1S/C62H121N2O6P/c1-6-8-10-12-14-16-18-20-21-22-23-24-25-26-27-28-29-30-31-32-33-34-35-36-37-38-39-40-41-42-43-44-46-48-50-52-54-56-62(66)63-60(59-70-71(67,68)69-58-57-64(3,4)5)61(65)55-53-51-49-47-45-19-17-15-13-11-9-7-2/h30-31,45,47,53,55,60-61,65H,6-29,32-44,46,48-52,54,56-59H2,1-5H3,(H-,63,66,67,68)/p+1/b31-30-,47-45+,55-53+. The van der Waals surface area contributed by atoms with Crippen LogP contribution in [0.3, 0.4) is 0 Å². The molecule has 0 radical (unpaired) electrons. The van der Waals surface area contributed by atoms with E-state index in [-0.39, 0.29) is 19.1 Å². The quantitative estimate of drug-likeness (QED) is 0.0243. The minimum Gasteiger partial charge on any atom is -0.387 e. The fourth-order valence-corrected chi connectivity index (χ4v) is 9.97. The summed E-state index contributed by atoms with van der Waals surface area (Å²) >= 11 is 0. The normalized spacial score (nSPS) is 14.1. The SMILES string of the molecule is CCCCCCCC/C=C/CC/C=C/C(O)C(COP(=O)(O)OCC[N+](C)(C)C)NC(=O)CCCCCCCCCCCCCCCCCCC/C=C\CCCCCCCCCCCCCCCCCC. The van der Waals surface area contributed by atoms with Crippen LogP contribution in [0.4, 0.5) is 0 Å². The Kier molecular flexibility index (Phi) is 52.6. The highest BCUT2D eigenvalue weighted by molar-refractivity contribution is 7.47. The first-order valence-corrected chi connectivity index (χ1v) is 32.4. The molecule has 0 aromatic carbocycles. The zero-order valence-corrected chi connectivity index (χ0v) is 48.9. The number of allylic oxidation sites excluding steroid dienone is 5. The molecule has 0 aromatic heterocycles. The number of carbonyl (C=O) groups excluding carboxylic acids is 1. The van der Waals surface area contributed by atoms with E-state index in [1.807, 2.05) is 27.2 Å². The smallest absolute Gasteiger partial charge is 0.387 e. The third-order valence-corrected chi connectivity index (χ3v) is 15.1. The summed E-state index contributed by atoms with van der Waals surface area (Å²) < 4.78 is 23.6. The van der Waals surface area contributed by atoms with Gasteiger partial charge in [-0.15, -0.1) is 0 Å². The molecule has 0 rings (SSSR count). The first-order valence-electron chi connectivity index (χ1n) is 30.9. The summed E-state index contributed by atoms with van der Waals surface area (Å²) in [5, 5.41) is 13.9. The Morgan fingerprint density at radius 3 is 1.13 bits per heavy atom. The molecule has 0 saturated carbocycles. The number of aliphatic hydroxyl groups is 1. The number of aliphatic hydroxyl groups excluding tert-OH is 1. The largest absolute Gasteiger partial charge is 0.472 e. The van der Waals surface area contributed by atoms with Crippen molar-refractivity contribution in [2.45, 2.75) is 315 Å². The van der Waals surface area contributed by atoms with E-state index in [0.29, 0.717) is 17.4 Å². The summed E-state index contributed by atoms with van der Waals surface area (Å²) in [5.74, 6) is -0.184. The van der Waals surface area contributed by atoms with Gasteiger partial charge in [0.1, 0.15) is 13.2 Å². The van der Waals surface area contributed by atoms with Gasteiger partial charge in [0.05, 0.1) is 39.9 Å². The number of quaternary nitrogens is 1. The molecule has 0 saturated heterocycles. The molecule has 9 heteroatoms. The molecule has 0 bridgehead atoms. The Bertz CT molecular complexity index is 1250. The fraction of sp³-hybridized carbons (Fsp3) is 0.887. The van der Waals surface area contributed by atoms with Crippen molar-refractivity contribution in [3.63, 3.8) is 0 Å². The average molecular weight is 1020 g/mol. The summed E-state index contributed by atoms with van der Waals surface area (Å²) in [6, 6.07) is -0.861. The second-order valence-electron chi connectivity index (χ2n) is 22.4. The second kappa shape index (κ2) is 53.5. The molecule has 0 aliphatic rings. The number of hydrogen-bond acceptors (Lipinski definition) is 5. The van der Waals surface area contributed by atoms with Crippen molar-refractivity contribution in [2.75, 3.05) is 40.9 Å². The van der Waals surface area contributed by atoms with Gasteiger partial charge in [-0.25, -0.2) is 4.57 Å². The molecule has 8 nitrogen and oxygen atoms in total. The van der Waals surface area contributed by atoms with Gasteiger partial charge in [-0.2, -0.15) is 0 Å². The predicted octanol–water partition coefficient (Wildman–Crippen LogP) is 18.9. The van der Waals surface area contributed by atoms with Crippen LogP contribution in [0.5, 0.6) is 0 Å². The Labute approximate surface area is 442 Å². The molecule has 0 aliphatic heterocycles. The highest BCUT2D eigenvalue weighted by atomic mass is 31.2. The number of likely N-dealkylation sites (N-methyl/N-ethyl adjacent to an activating group) is 1. The summed E-state index contributed by atoms with van der Waals surface area (Å²) in [6.45, 7) is 4.80. The van der Waals surface area contributed by atoms with Gasteiger partial charge < -0.3 is 19.8 Å². The van der Waals surface area contributed by atoms with Crippen molar-refractivity contribution in [2.24, 2.45) is 0 Å². The molecule has 3 unspecified atom stereocenters. The Hall–Kier alpha value is -1.28. The molecule has 0 spiro atoms. The molecule has 3 N–H and O–H groups in total. The van der Waals surface area contributed by atoms with Gasteiger partial charge in [-0.3, -0.25) is 13.8 Å². The summed E-state index contributed by atoms with van der Waals surface area (Å²) in [4.78, 5) is 23.2. The molecule has 0 heterocycles. The highest BCUT2D eigenvalue weighted by Gasteiger charge is 2.27. The lowest BCUT2D eigenvalue weighted by atomic mass is 10.0. The number of carbonyl (C=O) groups is 1. The molecular weight excluding hydrogens is 900 g/mol. The van der Waals surface area contributed by atoms with E-state index in [1.54, 1.807) is 6.08 Å². The van der Waals surface area contributed by atoms with E-state index < -0.39 is 20.0 Å². The lowest BCUT2D eigenvalue weighted by Gasteiger charge is -2.25. The van der Waals surface area contributed by atoms with Crippen molar-refractivity contribution < 1.29 is 32.9 Å². The van der Waals surface area contributed by atoms with Crippen LogP contribution in [-0.4, -0.2) is 73.4 Å². The number of nitrogens with one attached hydrogen (secondary N) is 1. The van der Waals surface area contributed by atoms with Crippen molar-refractivity contribution in [3.05, 3.63) is 36.5 Å². The number of amides is 1. The van der Waals surface area contributed by atoms with E-state index in [4.69, 9.17) is 9.05 Å². The second-order valence-corrected chi connectivity index (χ2v) is 23.9. The zero-order chi connectivity index (χ0) is 52.0. The minimum absolute atomic E-state index is 0.0572. The first-order chi connectivity index (χ1) is 34.5. The lowest BCUT2D eigenvalue weighted by Crippen LogP contribution is -2.45. The van der Waals surface area contributed by atoms with Gasteiger partial charge in [-0.05, 0) is 57.8 Å². The zero-order valence-electron chi connectivity index (χ0n) is 48.0. The fourth-order valence-electron chi connectivity index (χ4n) is 9.23. The van der Waals surface area contributed by atoms with E-state index in [0.717, 1.165) is 38.5 Å².